The molecule has 1 aliphatic heterocycles. The Hall–Kier alpha value is -1.44. The van der Waals surface area contributed by atoms with Crippen molar-refractivity contribution in [3.63, 3.8) is 0 Å². The van der Waals surface area contributed by atoms with Gasteiger partial charge in [-0.1, -0.05) is 0 Å². The van der Waals surface area contributed by atoms with Gasteiger partial charge in [0, 0.05) is 24.6 Å². The van der Waals surface area contributed by atoms with Crippen LogP contribution in [0.3, 0.4) is 0 Å². The summed E-state index contributed by atoms with van der Waals surface area (Å²) in [6.07, 6.45) is -4.57. The second-order valence-electron chi connectivity index (χ2n) is 4.22. The maximum absolute atomic E-state index is 13.5. The highest BCUT2D eigenvalue weighted by Gasteiger charge is 2.31. The Morgan fingerprint density at radius 3 is 2.50 bits per heavy atom. The molecule has 3 nitrogen and oxygen atoms in total. The molecule has 1 heterocycles. The van der Waals surface area contributed by atoms with E-state index in [4.69, 9.17) is 0 Å². The second kappa shape index (κ2) is 5.90. The van der Waals surface area contributed by atoms with Crippen LogP contribution in [0.25, 0.3) is 0 Å². The monoisotopic (exact) mass is 308 g/mol. The number of amides is 2. The van der Waals surface area contributed by atoms with Crippen molar-refractivity contribution >= 4 is 23.5 Å². The van der Waals surface area contributed by atoms with E-state index in [1.807, 2.05) is 0 Å². The van der Waals surface area contributed by atoms with Gasteiger partial charge in [-0.15, -0.1) is 0 Å². The fourth-order valence-corrected chi connectivity index (χ4v) is 2.66. The van der Waals surface area contributed by atoms with Crippen molar-refractivity contribution in [3.05, 3.63) is 29.6 Å². The van der Waals surface area contributed by atoms with Gasteiger partial charge in [-0.3, -0.25) is 0 Å². The van der Waals surface area contributed by atoms with Crippen molar-refractivity contribution in [1.82, 2.24) is 4.90 Å². The fraction of sp³-hybridized carbons (Fsp3) is 0.417. The zero-order valence-electron chi connectivity index (χ0n) is 10.3. The normalized spacial score (nSPS) is 16.1. The first-order chi connectivity index (χ1) is 9.38. The Kier molecular flexibility index (Phi) is 4.42. The molecule has 110 valence electrons. The lowest BCUT2D eigenvalue weighted by molar-refractivity contribution is -0.137. The Bertz CT molecular complexity index is 501. The van der Waals surface area contributed by atoms with E-state index in [0.717, 1.165) is 11.5 Å². The van der Waals surface area contributed by atoms with Crippen LogP contribution in [0.5, 0.6) is 0 Å². The summed E-state index contributed by atoms with van der Waals surface area (Å²) in [5.41, 5.74) is -1.45. The van der Waals surface area contributed by atoms with Crippen molar-refractivity contribution in [1.29, 1.82) is 0 Å². The third kappa shape index (κ3) is 3.56. The summed E-state index contributed by atoms with van der Waals surface area (Å²) < 4.78 is 51.1. The maximum atomic E-state index is 13.5. The number of urea groups is 1. The first-order valence-corrected chi connectivity index (χ1v) is 7.04. The minimum absolute atomic E-state index is 0.456. The van der Waals surface area contributed by atoms with Gasteiger partial charge in [-0.05, 0) is 18.2 Å². The molecule has 2 rings (SSSR count). The van der Waals surface area contributed by atoms with E-state index < -0.39 is 29.3 Å². The Balaban J connectivity index is 2.13. The van der Waals surface area contributed by atoms with Gasteiger partial charge in [-0.25, -0.2) is 9.18 Å². The van der Waals surface area contributed by atoms with E-state index >= 15 is 0 Å². The van der Waals surface area contributed by atoms with Crippen molar-refractivity contribution < 1.29 is 22.4 Å². The van der Waals surface area contributed by atoms with Crippen molar-refractivity contribution in [3.8, 4) is 0 Å². The number of carbonyl (C=O) groups is 1. The molecule has 2 amide bonds. The number of nitrogens with zero attached hydrogens (tertiary/aromatic N) is 1. The number of hydrogen-bond acceptors (Lipinski definition) is 2. The van der Waals surface area contributed by atoms with Gasteiger partial charge in [0.1, 0.15) is 5.82 Å². The van der Waals surface area contributed by atoms with Gasteiger partial charge in [0.05, 0.1) is 11.3 Å². The quantitative estimate of drug-likeness (QED) is 0.806. The first kappa shape index (κ1) is 15.0. The Morgan fingerprint density at radius 2 is 1.90 bits per heavy atom. The van der Waals surface area contributed by atoms with Crippen LogP contribution >= 0.6 is 11.8 Å². The average molecular weight is 308 g/mol. The summed E-state index contributed by atoms with van der Waals surface area (Å²) in [5.74, 6) is 0.634. The third-order valence-electron chi connectivity index (χ3n) is 2.83. The summed E-state index contributed by atoms with van der Waals surface area (Å²) in [6.45, 7) is 0.994. The van der Waals surface area contributed by atoms with Crippen LogP contribution in [0.15, 0.2) is 18.2 Å². The molecular formula is C12H12F4N2OS. The summed E-state index contributed by atoms with van der Waals surface area (Å²) in [6, 6.07) is 1.36. The highest BCUT2D eigenvalue weighted by atomic mass is 32.2. The smallest absolute Gasteiger partial charge is 0.323 e. The zero-order valence-corrected chi connectivity index (χ0v) is 11.2. The molecule has 1 fully saturated rings. The van der Waals surface area contributed by atoms with Crippen LogP contribution in [-0.4, -0.2) is 35.5 Å². The molecule has 0 saturated carbocycles. The molecule has 0 bridgehead atoms. The van der Waals surface area contributed by atoms with Crippen LogP contribution in [0, 0.1) is 5.82 Å². The molecule has 1 N–H and O–H groups in total. The highest BCUT2D eigenvalue weighted by molar-refractivity contribution is 7.99. The van der Waals surface area contributed by atoms with Gasteiger partial charge >= 0.3 is 12.2 Å². The molecule has 0 radical (unpaired) electrons. The summed E-state index contributed by atoms with van der Waals surface area (Å²) in [5, 5.41) is 2.20. The van der Waals surface area contributed by atoms with Crippen LogP contribution in [0.4, 0.5) is 28.0 Å². The van der Waals surface area contributed by atoms with Crippen molar-refractivity contribution in [2.24, 2.45) is 0 Å². The molecule has 0 unspecified atom stereocenters. The van der Waals surface area contributed by atoms with Crippen LogP contribution in [0.2, 0.25) is 0 Å². The molecule has 0 aromatic heterocycles. The average Bonchev–Trinajstić information content (AvgIpc) is 2.41. The van der Waals surface area contributed by atoms with E-state index in [9.17, 15) is 22.4 Å². The highest BCUT2D eigenvalue weighted by Crippen LogP contribution is 2.31. The second-order valence-corrected chi connectivity index (χ2v) is 5.45. The number of anilines is 1. The molecule has 0 aliphatic carbocycles. The van der Waals surface area contributed by atoms with E-state index in [2.05, 4.69) is 5.32 Å². The largest absolute Gasteiger partial charge is 0.416 e. The molecule has 1 aromatic rings. The van der Waals surface area contributed by atoms with Gasteiger partial charge in [0.25, 0.3) is 0 Å². The van der Waals surface area contributed by atoms with Crippen molar-refractivity contribution in [2.75, 3.05) is 29.9 Å². The minimum Gasteiger partial charge on any atom is -0.323 e. The molecule has 20 heavy (non-hydrogen) atoms. The standard InChI is InChI=1S/C12H12F4N2OS/c13-9-2-1-8(12(14,15)16)7-10(9)17-11(19)18-3-5-20-6-4-18/h1-2,7H,3-6H2,(H,17,19). The maximum Gasteiger partial charge on any atom is 0.416 e. The van der Waals surface area contributed by atoms with E-state index in [-0.39, 0.29) is 0 Å². The van der Waals surface area contributed by atoms with Crippen LogP contribution < -0.4 is 5.32 Å². The lowest BCUT2D eigenvalue weighted by atomic mass is 10.2. The van der Waals surface area contributed by atoms with Gasteiger partial charge < -0.3 is 10.2 Å². The number of alkyl halides is 3. The number of carbonyl (C=O) groups excluding carboxylic acids is 1. The molecule has 1 aliphatic rings. The van der Waals surface area contributed by atoms with Crippen molar-refractivity contribution in [2.45, 2.75) is 6.18 Å². The molecule has 1 saturated heterocycles. The predicted molar refractivity (Wildman–Crippen MR) is 69.3 cm³/mol. The van der Waals surface area contributed by atoms with Crippen LogP contribution in [-0.2, 0) is 6.18 Å². The fourth-order valence-electron chi connectivity index (χ4n) is 1.76. The number of nitrogens with one attached hydrogen (secondary N) is 1. The van der Waals surface area contributed by atoms with E-state index in [1.165, 1.54) is 4.90 Å². The third-order valence-corrected chi connectivity index (χ3v) is 3.78. The summed E-state index contributed by atoms with van der Waals surface area (Å²) in [4.78, 5) is 13.3. The van der Waals surface area contributed by atoms with E-state index in [1.54, 1.807) is 11.8 Å². The number of hydrogen-bond donors (Lipinski definition) is 1. The number of thioether (sulfide) groups is 1. The topological polar surface area (TPSA) is 32.3 Å². The summed E-state index contributed by atoms with van der Waals surface area (Å²) in [7, 11) is 0. The molecular weight excluding hydrogens is 296 g/mol. The molecule has 1 aromatic carbocycles. The van der Waals surface area contributed by atoms with Crippen LogP contribution in [0.1, 0.15) is 5.56 Å². The number of rotatable bonds is 1. The van der Waals surface area contributed by atoms with Gasteiger partial charge in [0.15, 0.2) is 0 Å². The number of halogens is 4. The predicted octanol–water partition coefficient (Wildman–Crippen LogP) is 3.43. The number of benzene rings is 1. The van der Waals surface area contributed by atoms with Gasteiger partial charge in [-0.2, -0.15) is 24.9 Å². The first-order valence-electron chi connectivity index (χ1n) is 5.88. The zero-order chi connectivity index (χ0) is 14.8. The molecule has 0 spiro atoms. The molecule has 8 heteroatoms. The lowest BCUT2D eigenvalue weighted by Gasteiger charge is -2.26. The Labute approximate surface area is 117 Å². The van der Waals surface area contributed by atoms with E-state index in [0.29, 0.717) is 31.3 Å². The van der Waals surface area contributed by atoms with Gasteiger partial charge in [0.2, 0.25) is 0 Å². The SMILES string of the molecule is O=C(Nc1cc(C(F)(F)F)ccc1F)N1CCSCC1. The summed E-state index contributed by atoms with van der Waals surface area (Å²) >= 11 is 1.69. The lowest BCUT2D eigenvalue weighted by Crippen LogP contribution is -2.40. The molecule has 0 atom stereocenters. The Morgan fingerprint density at radius 1 is 1.25 bits per heavy atom. The minimum atomic E-state index is -4.57.